The van der Waals surface area contributed by atoms with Gasteiger partial charge in [0.1, 0.15) is 5.69 Å². The average molecular weight is 291 g/mol. The fourth-order valence-electron chi connectivity index (χ4n) is 3.43. The first kappa shape index (κ1) is 14.6. The van der Waals surface area contributed by atoms with Crippen molar-refractivity contribution in [3.8, 4) is 0 Å². The Morgan fingerprint density at radius 3 is 2.62 bits per heavy atom. The summed E-state index contributed by atoms with van der Waals surface area (Å²) < 4.78 is 7.56. The zero-order valence-electron chi connectivity index (χ0n) is 12.8. The van der Waals surface area contributed by atoms with Crippen molar-refractivity contribution in [1.82, 2.24) is 14.8 Å². The van der Waals surface area contributed by atoms with Gasteiger partial charge in [0, 0.05) is 32.4 Å². The van der Waals surface area contributed by atoms with Crippen molar-refractivity contribution in [2.24, 2.45) is 0 Å². The fourth-order valence-corrected chi connectivity index (χ4v) is 3.43. The summed E-state index contributed by atoms with van der Waals surface area (Å²) in [5, 5.41) is 3.38. The number of nitrogens with zero attached hydrogens (tertiary/aromatic N) is 2. The largest absolute Gasteiger partial charge is 0.381 e. The number of nitrogens with one attached hydrogen (secondary N) is 1. The van der Waals surface area contributed by atoms with E-state index in [0.29, 0.717) is 12.1 Å². The summed E-state index contributed by atoms with van der Waals surface area (Å²) >= 11 is 0. The van der Waals surface area contributed by atoms with Gasteiger partial charge in [-0.25, -0.2) is 0 Å². The Morgan fingerprint density at radius 1 is 1.24 bits per heavy atom. The van der Waals surface area contributed by atoms with Gasteiger partial charge in [-0.3, -0.25) is 4.79 Å². The lowest BCUT2D eigenvalue weighted by Crippen LogP contribution is -2.41. The monoisotopic (exact) mass is 291 g/mol. The van der Waals surface area contributed by atoms with Crippen molar-refractivity contribution in [2.45, 2.75) is 37.8 Å². The Labute approximate surface area is 126 Å². The molecular weight excluding hydrogens is 266 g/mol. The Balaban J connectivity index is 1.69. The third-order valence-corrected chi connectivity index (χ3v) is 4.76. The molecule has 5 heteroatoms. The summed E-state index contributed by atoms with van der Waals surface area (Å²) in [5.74, 6) is 0.174. The number of carbonyl (C=O) groups excluding carboxylic acids is 1. The molecule has 3 heterocycles. The van der Waals surface area contributed by atoms with Gasteiger partial charge in [0.2, 0.25) is 0 Å². The average Bonchev–Trinajstić information content (AvgIpc) is 3.04. The maximum absolute atomic E-state index is 12.8. The maximum atomic E-state index is 12.8. The molecule has 0 bridgehead atoms. The van der Waals surface area contributed by atoms with Crippen molar-refractivity contribution in [3.63, 3.8) is 0 Å². The molecule has 3 rings (SSSR count). The predicted octanol–water partition coefficient (Wildman–Crippen LogP) is 1.66. The Hall–Kier alpha value is -1.33. The molecule has 116 valence electrons. The number of hydrogen-bond donors (Lipinski definition) is 1. The van der Waals surface area contributed by atoms with Crippen LogP contribution in [0.3, 0.4) is 0 Å². The van der Waals surface area contributed by atoms with Gasteiger partial charge in [-0.05, 0) is 50.9 Å². The first-order valence-electron chi connectivity index (χ1n) is 7.99. The van der Waals surface area contributed by atoms with Gasteiger partial charge in [-0.1, -0.05) is 0 Å². The molecule has 0 radical (unpaired) electrons. The van der Waals surface area contributed by atoms with E-state index in [4.69, 9.17) is 4.74 Å². The Kier molecular flexibility index (Phi) is 4.60. The summed E-state index contributed by atoms with van der Waals surface area (Å²) in [7, 11) is 1.75. The second-order valence-electron chi connectivity index (χ2n) is 6.01. The van der Waals surface area contributed by atoms with Gasteiger partial charge in [0.15, 0.2) is 0 Å². The summed E-state index contributed by atoms with van der Waals surface area (Å²) in [6, 6.07) is 4.42. The number of aromatic nitrogens is 1. The normalized spacial score (nSPS) is 21.7. The highest BCUT2D eigenvalue weighted by atomic mass is 16.5. The lowest BCUT2D eigenvalue weighted by molar-refractivity contribution is 0.0343. The van der Waals surface area contributed by atoms with E-state index in [1.165, 1.54) is 0 Å². The van der Waals surface area contributed by atoms with Crippen molar-refractivity contribution >= 4 is 5.91 Å². The predicted molar refractivity (Wildman–Crippen MR) is 81.5 cm³/mol. The lowest BCUT2D eigenvalue weighted by atomic mass is 10.1. The number of hydrogen-bond acceptors (Lipinski definition) is 3. The second kappa shape index (κ2) is 6.62. The molecule has 1 aromatic heterocycles. The molecule has 1 amide bonds. The maximum Gasteiger partial charge on any atom is 0.270 e. The lowest BCUT2D eigenvalue weighted by Gasteiger charge is -2.32. The van der Waals surface area contributed by atoms with Crippen LogP contribution in [0.25, 0.3) is 0 Å². The molecule has 0 saturated carbocycles. The topological polar surface area (TPSA) is 46.5 Å². The van der Waals surface area contributed by atoms with Gasteiger partial charge in [-0.2, -0.15) is 0 Å². The number of carbonyl (C=O) groups is 1. The van der Waals surface area contributed by atoms with Crippen LogP contribution in [-0.2, 0) is 4.74 Å². The summed E-state index contributed by atoms with van der Waals surface area (Å²) in [4.78, 5) is 14.7. The third-order valence-electron chi connectivity index (χ3n) is 4.76. The molecule has 2 saturated heterocycles. The van der Waals surface area contributed by atoms with Gasteiger partial charge in [0.05, 0.1) is 6.10 Å². The molecule has 0 aromatic carbocycles. The first-order valence-corrected chi connectivity index (χ1v) is 7.99. The highest BCUT2D eigenvalue weighted by Crippen LogP contribution is 2.23. The minimum Gasteiger partial charge on any atom is -0.381 e. The second-order valence-corrected chi connectivity index (χ2v) is 6.01. The Bertz CT molecular complexity index is 472. The molecule has 5 nitrogen and oxygen atoms in total. The summed E-state index contributed by atoms with van der Waals surface area (Å²) in [5.41, 5.74) is 0.845. The highest BCUT2D eigenvalue weighted by Gasteiger charge is 2.26. The smallest absolute Gasteiger partial charge is 0.270 e. The molecule has 2 aliphatic heterocycles. The molecule has 0 atom stereocenters. The standard InChI is InChI=1S/C16H25N3O2/c1-21-14-6-11-18(12-7-14)16(20)15-3-2-10-19(15)13-4-8-17-9-5-13/h2-3,10,13-14,17H,4-9,11-12H2,1H3. The van der Waals surface area contributed by atoms with E-state index in [2.05, 4.69) is 16.1 Å². The molecule has 0 aliphatic carbocycles. The van der Waals surface area contributed by atoms with Crippen molar-refractivity contribution in [3.05, 3.63) is 24.0 Å². The minimum atomic E-state index is 0.174. The van der Waals surface area contributed by atoms with Crippen molar-refractivity contribution in [2.75, 3.05) is 33.3 Å². The van der Waals surface area contributed by atoms with Crippen LogP contribution in [0.15, 0.2) is 18.3 Å². The van der Waals surface area contributed by atoms with Gasteiger partial charge >= 0.3 is 0 Å². The molecule has 0 spiro atoms. The van der Waals surface area contributed by atoms with E-state index in [-0.39, 0.29) is 5.91 Å². The van der Waals surface area contributed by atoms with E-state index >= 15 is 0 Å². The number of likely N-dealkylation sites (tertiary alicyclic amines) is 1. The van der Waals surface area contributed by atoms with Crippen LogP contribution in [0.4, 0.5) is 0 Å². The highest BCUT2D eigenvalue weighted by molar-refractivity contribution is 5.92. The number of amides is 1. The zero-order chi connectivity index (χ0) is 14.7. The molecule has 2 fully saturated rings. The number of rotatable bonds is 3. The van der Waals surface area contributed by atoms with Crippen LogP contribution < -0.4 is 5.32 Å². The fraction of sp³-hybridized carbons (Fsp3) is 0.688. The van der Waals surface area contributed by atoms with Crippen molar-refractivity contribution < 1.29 is 9.53 Å². The van der Waals surface area contributed by atoms with Crippen molar-refractivity contribution in [1.29, 1.82) is 0 Å². The van der Waals surface area contributed by atoms with Crippen LogP contribution in [0.2, 0.25) is 0 Å². The molecule has 1 aromatic rings. The minimum absolute atomic E-state index is 0.174. The molecule has 2 aliphatic rings. The van der Waals surface area contributed by atoms with Gasteiger partial charge in [0.25, 0.3) is 5.91 Å². The Morgan fingerprint density at radius 2 is 1.95 bits per heavy atom. The van der Waals surface area contributed by atoms with E-state index in [9.17, 15) is 4.79 Å². The molecule has 21 heavy (non-hydrogen) atoms. The molecular formula is C16H25N3O2. The van der Waals surface area contributed by atoms with E-state index in [1.54, 1.807) is 7.11 Å². The summed E-state index contributed by atoms with van der Waals surface area (Å²) in [6.45, 7) is 3.68. The van der Waals surface area contributed by atoms with Crippen LogP contribution in [-0.4, -0.2) is 54.8 Å². The number of ether oxygens (including phenoxy) is 1. The van der Waals surface area contributed by atoms with Crippen LogP contribution in [0.1, 0.15) is 42.2 Å². The van der Waals surface area contributed by atoms with E-state index in [1.807, 2.05) is 17.0 Å². The third kappa shape index (κ3) is 3.14. The quantitative estimate of drug-likeness (QED) is 0.921. The van der Waals surface area contributed by atoms with Gasteiger partial charge in [-0.15, -0.1) is 0 Å². The van der Waals surface area contributed by atoms with E-state index < -0.39 is 0 Å². The van der Waals surface area contributed by atoms with E-state index in [0.717, 1.165) is 57.6 Å². The van der Waals surface area contributed by atoms with Crippen LogP contribution >= 0.6 is 0 Å². The molecule has 0 unspecified atom stereocenters. The SMILES string of the molecule is COC1CCN(C(=O)c2cccn2C2CCNCC2)CC1. The van der Waals surface area contributed by atoms with Gasteiger partial charge < -0.3 is 19.5 Å². The number of methoxy groups -OCH3 is 1. The zero-order valence-corrected chi connectivity index (χ0v) is 12.8. The molecule has 1 N–H and O–H groups in total. The first-order chi connectivity index (χ1) is 10.3. The van der Waals surface area contributed by atoms with Crippen LogP contribution in [0, 0.1) is 0 Å². The summed E-state index contributed by atoms with van der Waals surface area (Å²) in [6.07, 6.45) is 6.45. The van der Waals surface area contributed by atoms with Crippen LogP contribution in [0.5, 0.6) is 0 Å². The number of piperidine rings is 2.